The van der Waals surface area contributed by atoms with Crippen LogP contribution in [0.3, 0.4) is 0 Å². The molecule has 26 nitrogen and oxygen atoms in total. The summed E-state index contributed by atoms with van der Waals surface area (Å²) < 4.78 is 0. The Kier molecular flexibility index (Phi) is 32.1. The van der Waals surface area contributed by atoms with Crippen molar-refractivity contribution in [3.8, 4) is 0 Å². The van der Waals surface area contributed by atoms with Gasteiger partial charge in [0, 0.05) is 19.6 Å². The first-order valence-electron chi connectivity index (χ1n) is 23.4. The monoisotopic (exact) mass is 969 g/mol. The molecular weight excluding hydrogens is 885 g/mol. The van der Waals surface area contributed by atoms with E-state index in [-0.39, 0.29) is 101 Å². The van der Waals surface area contributed by atoms with Crippen molar-refractivity contribution in [3.05, 3.63) is 0 Å². The van der Waals surface area contributed by atoms with Gasteiger partial charge in [0.05, 0.1) is 6.04 Å². The predicted molar refractivity (Wildman–Crippen MR) is 262 cm³/mol. The molecule has 0 spiro atoms. The fourth-order valence-corrected chi connectivity index (χ4v) is 6.72. The van der Waals surface area contributed by atoms with Crippen LogP contribution in [0.15, 0.2) is 15.0 Å². The molecule has 0 radical (unpaired) electrons. The Bertz CT molecular complexity index is 1650. The molecule has 0 rings (SSSR count). The molecule has 8 atom stereocenters. The number of amides is 6. The van der Waals surface area contributed by atoms with Crippen LogP contribution in [0.2, 0.25) is 0 Å². The van der Waals surface area contributed by atoms with E-state index in [9.17, 15) is 38.7 Å². The minimum absolute atomic E-state index is 0.00338. The zero-order valence-electron chi connectivity index (χ0n) is 40.5. The molecule has 0 aliphatic rings. The Hall–Kier alpha value is -6.02. The first kappa shape index (κ1) is 62.0. The van der Waals surface area contributed by atoms with Crippen molar-refractivity contribution in [2.45, 2.75) is 160 Å². The van der Waals surface area contributed by atoms with Crippen LogP contribution >= 0.6 is 0 Å². The number of carboxylic acid groups (broad SMARTS) is 1. The molecule has 0 aromatic carbocycles. The largest absolute Gasteiger partial charge is 0.480 e. The molecule has 0 aliphatic carbocycles. The summed E-state index contributed by atoms with van der Waals surface area (Å²) in [6.45, 7) is 8.30. The van der Waals surface area contributed by atoms with Crippen molar-refractivity contribution in [2.75, 3.05) is 32.7 Å². The van der Waals surface area contributed by atoms with Crippen molar-refractivity contribution >= 4 is 59.3 Å². The summed E-state index contributed by atoms with van der Waals surface area (Å²) >= 11 is 0. The van der Waals surface area contributed by atoms with Gasteiger partial charge in [-0.15, -0.1) is 0 Å². The number of guanidine groups is 3. The van der Waals surface area contributed by atoms with Gasteiger partial charge in [0.2, 0.25) is 35.4 Å². The van der Waals surface area contributed by atoms with Gasteiger partial charge in [-0.3, -0.25) is 43.7 Å². The lowest BCUT2D eigenvalue weighted by molar-refractivity contribution is -0.142. The van der Waals surface area contributed by atoms with Gasteiger partial charge < -0.3 is 88.6 Å². The molecule has 0 fully saturated rings. The van der Waals surface area contributed by atoms with Crippen LogP contribution in [-0.2, 0) is 33.6 Å². The zero-order valence-corrected chi connectivity index (χ0v) is 40.5. The van der Waals surface area contributed by atoms with Crippen molar-refractivity contribution in [1.82, 2.24) is 31.9 Å². The number of nitrogens with one attached hydrogen (secondary N) is 6. The minimum atomic E-state index is -1.31. The van der Waals surface area contributed by atoms with Gasteiger partial charge in [-0.05, 0) is 108 Å². The number of aliphatic imine (C=N–C) groups is 3. The lowest BCUT2D eigenvalue weighted by atomic mass is 9.96. The zero-order chi connectivity index (χ0) is 51.8. The number of hydrogen-bond acceptors (Lipinski definition) is 13. The highest BCUT2D eigenvalue weighted by Gasteiger charge is 2.34. The number of rotatable bonds is 37. The molecule has 0 unspecified atom stereocenters. The van der Waals surface area contributed by atoms with E-state index in [1.54, 1.807) is 6.92 Å². The van der Waals surface area contributed by atoms with Crippen molar-refractivity contribution in [1.29, 1.82) is 0 Å². The number of nitrogens with two attached hydrogens (primary N) is 9. The number of nitrogens with zero attached hydrogens (tertiary/aromatic N) is 3. The number of carbonyl (C=O) groups excluding carboxylic acids is 6. The second kappa shape index (κ2) is 35.2. The predicted octanol–water partition coefficient (Wildman–Crippen LogP) is -4.18. The fourth-order valence-electron chi connectivity index (χ4n) is 6.72. The van der Waals surface area contributed by atoms with E-state index in [0.717, 1.165) is 0 Å². The minimum Gasteiger partial charge on any atom is -0.480 e. The standard InChI is InChI=1S/C42H84N18O8/c1-5-25(4)32(60-33(61)26(45)13-10-20-52-40(46)47)38(66)57-29(16-11-21-53-41(48)49)35(63)55-27(14-6-8-18-43)34(62)56-28(15-7-9-19-44)36(64)59-31(23-24(2)3)37(65)58-30(39(67)68)17-12-22-54-42(50)51/h24-32H,5-23,43-45H2,1-4H3,(H,55,63)(H,56,62)(H,57,66)(H,58,65)(H,59,64)(H,60,61)(H,67,68)(H4,46,47,52)(H4,48,49,53)(H4,50,51,54)/t25-,26-,27-,28-,29-,30-,31-,32-/m0/s1. The second-order valence-electron chi connectivity index (χ2n) is 17.2. The first-order chi connectivity index (χ1) is 32.1. The summed E-state index contributed by atoms with van der Waals surface area (Å²) in [6, 6.07) is -8.28. The van der Waals surface area contributed by atoms with Crippen LogP contribution in [0.5, 0.6) is 0 Å². The maximum atomic E-state index is 14.2. The lowest BCUT2D eigenvalue weighted by Gasteiger charge is -2.29. The Morgan fingerprint density at radius 1 is 0.471 bits per heavy atom. The molecule has 0 aromatic rings. The van der Waals surface area contributed by atoms with Gasteiger partial charge in [-0.2, -0.15) is 0 Å². The highest BCUT2D eigenvalue weighted by atomic mass is 16.4. The molecule has 390 valence electrons. The topological polar surface area (TPSA) is 483 Å². The van der Waals surface area contributed by atoms with Crippen LogP contribution in [0, 0.1) is 11.8 Å². The third kappa shape index (κ3) is 27.6. The van der Waals surface area contributed by atoms with E-state index in [4.69, 9.17) is 51.6 Å². The van der Waals surface area contributed by atoms with Gasteiger partial charge in [-0.1, -0.05) is 34.1 Å². The van der Waals surface area contributed by atoms with Crippen LogP contribution < -0.4 is 83.5 Å². The van der Waals surface area contributed by atoms with E-state index in [2.05, 4.69) is 46.9 Å². The third-order valence-corrected chi connectivity index (χ3v) is 10.7. The van der Waals surface area contributed by atoms with E-state index in [1.807, 2.05) is 20.8 Å². The summed E-state index contributed by atoms with van der Waals surface area (Å²) in [6.07, 6.45) is 3.68. The first-order valence-corrected chi connectivity index (χ1v) is 23.4. The number of unbranched alkanes of at least 4 members (excludes halogenated alkanes) is 2. The van der Waals surface area contributed by atoms with Crippen LogP contribution in [-0.4, -0.2) is 139 Å². The molecule has 25 N–H and O–H groups in total. The Labute approximate surface area is 400 Å². The second-order valence-corrected chi connectivity index (χ2v) is 17.2. The summed E-state index contributed by atoms with van der Waals surface area (Å²) in [4.78, 5) is 107. The summed E-state index contributed by atoms with van der Waals surface area (Å²) in [5.74, 6) is -6.47. The van der Waals surface area contributed by atoms with Crippen LogP contribution in [0.1, 0.15) is 118 Å². The SMILES string of the molecule is CC[C@H](C)[C@H](NC(=O)[C@@H](N)CCCN=C(N)N)C(=O)N[C@@H](CCCN=C(N)N)C(=O)N[C@@H](CCCCN)C(=O)N[C@@H](CCCCN)C(=O)N[C@@H](CC(C)C)C(=O)N[C@@H](CCCN=C(N)N)C(=O)O. The summed E-state index contributed by atoms with van der Waals surface area (Å²) in [5.41, 5.74) is 50.1. The van der Waals surface area contributed by atoms with Crippen LogP contribution in [0.25, 0.3) is 0 Å². The molecule has 0 aliphatic heterocycles. The molecule has 0 bridgehead atoms. The highest BCUT2D eigenvalue weighted by molar-refractivity contribution is 5.97. The van der Waals surface area contributed by atoms with E-state index in [0.29, 0.717) is 45.1 Å². The quantitative estimate of drug-likeness (QED) is 0.0160. The van der Waals surface area contributed by atoms with Crippen molar-refractivity contribution in [2.24, 2.45) is 78.4 Å². The maximum absolute atomic E-state index is 14.2. The smallest absolute Gasteiger partial charge is 0.326 e. The summed E-state index contributed by atoms with van der Waals surface area (Å²) in [7, 11) is 0. The molecule has 26 heteroatoms. The molecular formula is C42H84N18O8. The highest BCUT2D eigenvalue weighted by Crippen LogP contribution is 2.13. The molecule has 0 saturated heterocycles. The van der Waals surface area contributed by atoms with Gasteiger partial charge in [0.25, 0.3) is 0 Å². The Morgan fingerprint density at radius 3 is 1.21 bits per heavy atom. The van der Waals surface area contributed by atoms with Gasteiger partial charge in [-0.25, -0.2) is 4.79 Å². The number of hydrogen-bond donors (Lipinski definition) is 16. The van der Waals surface area contributed by atoms with Crippen molar-refractivity contribution < 1.29 is 38.7 Å². The lowest BCUT2D eigenvalue weighted by Crippen LogP contribution is -2.60. The molecule has 0 heterocycles. The normalized spacial score (nSPS) is 14.5. The molecule has 0 aromatic heterocycles. The average Bonchev–Trinajstić information content (AvgIpc) is 3.26. The summed E-state index contributed by atoms with van der Waals surface area (Å²) in [5, 5.41) is 26.0. The van der Waals surface area contributed by atoms with Crippen molar-refractivity contribution in [3.63, 3.8) is 0 Å². The van der Waals surface area contributed by atoms with Crippen LogP contribution in [0.4, 0.5) is 0 Å². The van der Waals surface area contributed by atoms with E-state index in [1.165, 1.54) is 0 Å². The van der Waals surface area contributed by atoms with Gasteiger partial charge in [0.15, 0.2) is 17.9 Å². The maximum Gasteiger partial charge on any atom is 0.326 e. The average molecular weight is 969 g/mol. The number of carbonyl (C=O) groups is 7. The molecule has 6 amide bonds. The third-order valence-electron chi connectivity index (χ3n) is 10.7. The van der Waals surface area contributed by atoms with Gasteiger partial charge >= 0.3 is 5.97 Å². The number of carboxylic acids is 1. The molecule has 0 saturated carbocycles. The molecule has 68 heavy (non-hydrogen) atoms. The number of aliphatic carboxylic acids is 1. The Balaban J connectivity index is 6.63. The fraction of sp³-hybridized carbons (Fsp3) is 0.762. The Morgan fingerprint density at radius 2 is 0.824 bits per heavy atom. The van der Waals surface area contributed by atoms with E-state index >= 15 is 0 Å². The van der Waals surface area contributed by atoms with E-state index < -0.39 is 89.6 Å². The van der Waals surface area contributed by atoms with Gasteiger partial charge in [0.1, 0.15) is 36.3 Å².